The summed E-state index contributed by atoms with van der Waals surface area (Å²) in [5.74, 6) is 0.0817. The number of benzene rings is 2. The number of nitrogens with two attached hydrogens (primary N) is 1. The van der Waals surface area contributed by atoms with Crippen molar-refractivity contribution in [3.05, 3.63) is 59.9 Å². The van der Waals surface area contributed by atoms with Crippen LogP contribution in [0.5, 0.6) is 0 Å². The Kier molecular flexibility index (Phi) is 5.63. The van der Waals surface area contributed by atoms with E-state index in [0.29, 0.717) is 24.4 Å². The highest BCUT2D eigenvalue weighted by molar-refractivity contribution is 8.00. The number of amides is 1. The van der Waals surface area contributed by atoms with E-state index in [1.165, 1.54) is 23.9 Å². The van der Waals surface area contributed by atoms with Crippen LogP contribution < -0.4 is 11.1 Å². The van der Waals surface area contributed by atoms with Crippen molar-refractivity contribution in [3.8, 4) is 0 Å². The van der Waals surface area contributed by atoms with Crippen LogP contribution in [0.15, 0.2) is 53.4 Å². The Morgan fingerprint density at radius 2 is 1.95 bits per heavy atom. The minimum atomic E-state index is -0.249. The van der Waals surface area contributed by atoms with Gasteiger partial charge >= 0.3 is 0 Å². The maximum atomic E-state index is 12.7. The molecule has 2 aromatic carbocycles. The number of nitrogen functional groups attached to an aromatic ring is 1. The number of thioether (sulfide) groups is 1. The summed E-state index contributed by atoms with van der Waals surface area (Å²) in [5.41, 5.74) is 7.37. The first-order chi connectivity index (χ1) is 10.1. The molecule has 3 N–H and O–H groups in total. The van der Waals surface area contributed by atoms with Gasteiger partial charge in [0.15, 0.2) is 0 Å². The third-order valence-corrected chi connectivity index (χ3v) is 3.87. The summed E-state index contributed by atoms with van der Waals surface area (Å²) in [4.78, 5) is 12.7. The second-order valence-corrected chi connectivity index (χ2v) is 5.64. The zero-order chi connectivity index (χ0) is 15.1. The van der Waals surface area contributed by atoms with Crippen molar-refractivity contribution in [2.75, 3.05) is 18.0 Å². The van der Waals surface area contributed by atoms with Crippen LogP contribution in [0.4, 0.5) is 10.1 Å². The molecule has 0 radical (unpaired) electrons. The van der Waals surface area contributed by atoms with Gasteiger partial charge in [-0.3, -0.25) is 4.79 Å². The third kappa shape index (κ3) is 5.47. The molecule has 21 heavy (non-hydrogen) atoms. The largest absolute Gasteiger partial charge is 0.399 e. The summed E-state index contributed by atoms with van der Waals surface area (Å²) < 4.78 is 12.7. The van der Waals surface area contributed by atoms with E-state index in [1.54, 1.807) is 12.1 Å². The molecule has 110 valence electrons. The summed E-state index contributed by atoms with van der Waals surface area (Å²) in [5, 5.41) is 2.85. The minimum absolute atomic E-state index is 0.0236. The Balaban J connectivity index is 1.69. The van der Waals surface area contributed by atoms with Gasteiger partial charge in [0.1, 0.15) is 5.82 Å². The molecule has 0 aliphatic rings. The zero-order valence-electron chi connectivity index (χ0n) is 11.5. The van der Waals surface area contributed by atoms with E-state index in [9.17, 15) is 9.18 Å². The summed E-state index contributed by atoms with van der Waals surface area (Å²) in [6.45, 7) is 0.544. The van der Waals surface area contributed by atoms with Crippen molar-refractivity contribution in [3.63, 3.8) is 0 Å². The predicted octanol–water partition coefficient (Wildman–Crippen LogP) is 2.86. The minimum Gasteiger partial charge on any atom is -0.399 e. The lowest BCUT2D eigenvalue weighted by molar-refractivity contribution is -0.118. The number of anilines is 1. The van der Waals surface area contributed by atoms with Crippen LogP contribution in [0.2, 0.25) is 0 Å². The third-order valence-electron chi connectivity index (χ3n) is 2.88. The van der Waals surface area contributed by atoms with E-state index in [0.717, 1.165) is 10.5 Å². The van der Waals surface area contributed by atoms with Crippen molar-refractivity contribution in [2.45, 2.75) is 11.3 Å². The Hall–Kier alpha value is -2.01. The Labute approximate surface area is 127 Å². The lowest BCUT2D eigenvalue weighted by Gasteiger charge is -2.06. The summed E-state index contributed by atoms with van der Waals surface area (Å²) >= 11 is 1.45. The molecule has 0 unspecified atom stereocenters. The fourth-order valence-electron chi connectivity index (χ4n) is 1.80. The number of hydrogen-bond acceptors (Lipinski definition) is 3. The molecule has 2 aromatic rings. The first-order valence-corrected chi connectivity index (χ1v) is 7.61. The van der Waals surface area contributed by atoms with Gasteiger partial charge < -0.3 is 11.1 Å². The monoisotopic (exact) mass is 304 g/mol. The van der Waals surface area contributed by atoms with Gasteiger partial charge in [0.2, 0.25) is 5.91 Å². The number of carbonyl (C=O) groups excluding carboxylic acids is 1. The lowest BCUT2D eigenvalue weighted by atomic mass is 10.1. The first kappa shape index (κ1) is 15.4. The van der Waals surface area contributed by atoms with E-state index >= 15 is 0 Å². The molecule has 5 heteroatoms. The summed E-state index contributed by atoms with van der Waals surface area (Å²) in [7, 11) is 0. The van der Waals surface area contributed by atoms with E-state index in [4.69, 9.17) is 5.73 Å². The number of carbonyl (C=O) groups is 1. The van der Waals surface area contributed by atoms with E-state index in [-0.39, 0.29) is 11.7 Å². The SMILES string of the molecule is Nc1cccc(SCC(=O)NCCc2ccc(F)cc2)c1. The first-order valence-electron chi connectivity index (χ1n) is 6.63. The van der Waals surface area contributed by atoms with Gasteiger partial charge in [-0.25, -0.2) is 4.39 Å². The molecule has 0 spiro atoms. The molecular formula is C16H17FN2OS. The lowest BCUT2D eigenvalue weighted by Crippen LogP contribution is -2.27. The van der Waals surface area contributed by atoms with Crippen LogP contribution in [-0.2, 0) is 11.2 Å². The van der Waals surface area contributed by atoms with Crippen molar-refractivity contribution < 1.29 is 9.18 Å². The maximum absolute atomic E-state index is 12.7. The molecule has 0 aliphatic heterocycles. The summed E-state index contributed by atoms with van der Waals surface area (Å²) in [6.07, 6.45) is 0.689. The fraction of sp³-hybridized carbons (Fsp3) is 0.188. The van der Waals surface area contributed by atoms with Crippen LogP contribution >= 0.6 is 11.8 Å². The van der Waals surface area contributed by atoms with Gasteiger partial charge in [0.25, 0.3) is 0 Å². The highest BCUT2D eigenvalue weighted by atomic mass is 32.2. The normalized spacial score (nSPS) is 10.3. The number of halogens is 1. The molecule has 1 amide bonds. The molecule has 2 rings (SSSR count). The van der Waals surface area contributed by atoms with E-state index in [1.807, 2.05) is 24.3 Å². The number of hydrogen-bond donors (Lipinski definition) is 2. The van der Waals surface area contributed by atoms with Crippen LogP contribution in [0.1, 0.15) is 5.56 Å². The van der Waals surface area contributed by atoms with Crippen molar-refractivity contribution >= 4 is 23.4 Å². The Morgan fingerprint density at radius 1 is 1.19 bits per heavy atom. The number of nitrogens with one attached hydrogen (secondary N) is 1. The molecule has 0 fully saturated rings. The van der Waals surface area contributed by atoms with Crippen LogP contribution in [0.3, 0.4) is 0 Å². The zero-order valence-corrected chi connectivity index (χ0v) is 12.3. The number of rotatable bonds is 6. The van der Waals surface area contributed by atoms with Gasteiger partial charge in [-0.15, -0.1) is 11.8 Å². The Bertz CT molecular complexity index is 601. The van der Waals surface area contributed by atoms with Crippen LogP contribution in [0, 0.1) is 5.82 Å². The van der Waals surface area contributed by atoms with Crippen molar-refractivity contribution in [1.82, 2.24) is 5.32 Å². The van der Waals surface area contributed by atoms with Gasteiger partial charge in [0.05, 0.1) is 5.75 Å². The van der Waals surface area contributed by atoms with Gasteiger partial charge in [-0.2, -0.15) is 0 Å². The highest BCUT2D eigenvalue weighted by Gasteiger charge is 2.03. The molecule has 0 bridgehead atoms. The fourth-order valence-corrected chi connectivity index (χ4v) is 2.60. The highest BCUT2D eigenvalue weighted by Crippen LogP contribution is 2.19. The molecule has 0 atom stereocenters. The quantitative estimate of drug-likeness (QED) is 0.637. The maximum Gasteiger partial charge on any atom is 0.230 e. The van der Waals surface area contributed by atoms with Gasteiger partial charge in [-0.05, 0) is 42.3 Å². The molecule has 0 heterocycles. The smallest absolute Gasteiger partial charge is 0.230 e. The topological polar surface area (TPSA) is 55.1 Å². The Morgan fingerprint density at radius 3 is 2.67 bits per heavy atom. The van der Waals surface area contributed by atoms with Gasteiger partial charge in [-0.1, -0.05) is 18.2 Å². The van der Waals surface area contributed by atoms with Crippen LogP contribution in [0.25, 0.3) is 0 Å². The van der Waals surface area contributed by atoms with Gasteiger partial charge in [0, 0.05) is 17.1 Å². The molecule has 0 aromatic heterocycles. The average molecular weight is 304 g/mol. The molecule has 0 saturated heterocycles. The molecule has 3 nitrogen and oxygen atoms in total. The van der Waals surface area contributed by atoms with E-state index in [2.05, 4.69) is 5.32 Å². The molecular weight excluding hydrogens is 287 g/mol. The molecule has 0 saturated carbocycles. The van der Waals surface area contributed by atoms with Crippen molar-refractivity contribution in [1.29, 1.82) is 0 Å². The molecule has 0 aliphatic carbocycles. The van der Waals surface area contributed by atoms with Crippen molar-refractivity contribution in [2.24, 2.45) is 0 Å². The average Bonchev–Trinajstić information content (AvgIpc) is 2.47. The van der Waals surface area contributed by atoms with Crippen LogP contribution in [-0.4, -0.2) is 18.2 Å². The van der Waals surface area contributed by atoms with E-state index < -0.39 is 0 Å². The predicted molar refractivity (Wildman–Crippen MR) is 84.7 cm³/mol. The second-order valence-electron chi connectivity index (χ2n) is 4.59. The second kappa shape index (κ2) is 7.69. The standard InChI is InChI=1S/C16H17FN2OS/c17-13-6-4-12(5-7-13)8-9-19-16(20)11-21-15-3-1-2-14(18)10-15/h1-7,10H,8-9,11,18H2,(H,19,20). The summed E-state index contributed by atoms with van der Waals surface area (Å²) in [6, 6.07) is 13.7.